The number of carbonyl (C=O) groups excluding carboxylic acids is 3. The van der Waals surface area contributed by atoms with Crippen molar-refractivity contribution in [1.82, 2.24) is 10.2 Å². The summed E-state index contributed by atoms with van der Waals surface area (Å²) in [5, 5.41) is 5.86. The van der Waals surface area contributed by atoms with Crippen molar-refractivity contribution in [3.63, 3.8) is 0 Å². The van der Waals surface area contributed by atoms with Gasteiger partial charge in [-0.15, -0.1) is 0 Å². The van der Waals surface area contributed by atoms with Crippen LogP contribution in [0.3, 0.4) is 0 Å². The van der Waals surface area contributed by atoms with Crippen LogP contribution >= 0.6 is 0 Å². The van der Waals surface area contributed by atoms with Crippen molar-refractivity contribution >= 4 is 23.6 Å². The van der Waals surface area contributed by atoms with Crippen molar-refractivity contribution in [3.05, 3.63) is 95.1 Å². The Morgan fingerprint density at radius 2 is 1.56 bits per heavy atom. The van der Waals surface area contributed by atoms with Gasteiger partial charge in [-0.3, -0.25) is 9.59 Å². The highest BCUT2D eigenvalue weighted by Gasteiger charge is 2.48. The molecule has 0 saturated heterocycles. The van der Waals surface area contributed by atoms with Crippen molar-refractivity contribution in [2.75, 3.05) is 12.4 Å². The zero-order valence-electron chi connectivity index (χ0n) is 26.1. The lowest BCUT2D eigenvalue weighted by molar-refractivity contribution is -0.141. The number of anilines is 1. The SMILES string of the molecule is COc1ccc(NC(=O)C(c2cc(C)cc(C)c2)N(C(=O)C(Cc2ccccc2)NC(=O)OC(C)(C)C)C2CC2C)cc1. The lowest BCUT2D eigenvalue weighted by Gasteiger charge is -2.35. The number of aryl methyl sites for hydroxylation is 2. The van der Waals surface area contributed by atoms with E-state index in [1.807, 2.05) is 62.4 Å². The van der Waals surface area contributed by atoms with Crippen LogP contribution in [0, 0.1) is 19.8 Å². The summed E-state index contributed by atoms with van der Waals surface area (Å²) in [4.78, 5) is 43.6. The molecule has 1 aliphatic carbocycles. The van der Waals surface area contributed by atoms with Crippen molar-refractivity contribution in [3.8, 4) is 5.75 Å². The molecule has 0 aliphatic heterocycles. The van der Waals surface area contributed by atoms with Crippen LogP contribution in [0.15, 0.2) is 72.8 Å². The number of rotatable bonds is 10. The Hall–Kier alpha value is -4.33. The average Bonchev–Trinajstić information content (AvgIpc) is 3.65. The molecule has 4 unspecified atom stereocenters. The van der Waals surface area contributed by atoms with Crippen LogP contribution in [0.25, 0.3) is 0 Å². The molecule has 4 atom stereocenters. The highest BCUT2D eigenvalue weighted by Crippen LogP contribution is 2.41. The third-order valence-electron chi connectivity index (χ3n) is 7.39. The van der Waals surface area contributed by atoms with Crippen LogP contribution in [0.2, 0.25) is 0 Å². The molecule has 0 radical (unpaired) electrons. The molecule has 0 spiro atoms. The number of hydrogen-bond acceptors (Lipinski definition) is 5. The molecule has 3 amide bonds. The Morgan fingerprint density at radius 1 is 0.953 bits per heavy atom. The number of benzene rings is 3. The zero-order valence-corrected chi connectivity index (χ0v) is 26.1. The summed E-state index contributed by atoms with van der Waals surface area (Å²) < 4.78 is 10.8. The Labute approximate surface area is 254 Å². The van der Waals surface area contributed by atoms with E-state index in [9.17, 15) is 14.4 Å². The van der Waals surface area contributed by atoms with E-state index >= 15 is 0 Å². The van der Waals surface area contributed by atoms with Crippen LogP contribution in [0.4, 0.5) is 10.5 Å². The van der Waals surface area contributed by atoms with E-state index in [1.54, 1.807) is 57.0 Å². The highest BCUT2D eigenvalue weighted by molar-refractivity contribution is 5.99. The van der Waals surface area contributed by atoms with Crippen LogP contribution < -0.4 is 15.4 Å². The summed E-state index contributed by atoms with van der Waals surface area (Å²) in [6, 6.07) is 20.5. The lowest BCUT2D eigenvalue weighted by Crippen LogP contribution is -2.54. The molecule has 1 fully saturated rings. The molecule has 2 N–H and O–H groups in total. The fourth-order valence-corrected chi connectivity index (χ4v) is 5.34. The summed E-state index contributed by atoms with van der Waals surface area (Å²) in [6.07, 6.45) is 0.319. The second kappa shape index (κ2) is 13.3. The van der Waals surface area contributed by atoms with E-state index in [2.05, 4.69) is 17.6 Å². The van der Waals surface area contributed by atoms with Crippen LogP contribution in [-0.4, -0.2) is 47.6 Å². The predicted molar refractivity (Wildman–Crippen MR) is 168 cm³/mol. The van der Waals surface area contributed by atoms with Gasteiger partial charge in [0, 0.05) is 18.2 Å². The first-order valence-electron chi connectivity index (χ1n) is 14.7. The minimum Gasteiger partial charge on any atom is -0.497 e. The molecule has 8 heteroatoms. The Balaban J connectivity index is 1.76. The first-order valence-corrected chi connectivity index (χ1v) is 14.7. The molecule has 0 heterocycles. The smallest absolute Gasteiger partial charge is 0.408 e. The molecule has 0 bridgehead atoms. The minimum atomic E-state index is -0.952. The summed E-state index contributed by atoms with van der Waals surface area (Å²) in [6.45, 7) is 11.3. The molecule has 43 heavy (non-hydrogen) atoms. The zero-order chi connectivity index (χ0) is 31.3. The fourth-order valence-electron chi connectivity index (χ4n) is 5.34. The number of nitrogens with one attached hydrogen (secondary N) is 2. The van der Waals surface area contributed by atoms with E-state index < -0.39 is 23.8 Å². The highest BCUT2D eigenvalue weighted by atomic mass is 16.6. The number of alkyl carbamates (subject to hydrolysis) is 1. The largest absolute Gasteiger partial charge is 0.497 e. The Morgan fingerprint density at radius 3 is 2.09 bits per heavy atom. The molecule has 1 aliphatic rings. The molecular formula is C35H43N3O5. The maximum Gasteiger partial charge on any atom is 0.408 e. The van der Waals surface area contributed by atoms with Crippen molar-refractivity contribution < 1.29 is 23.9 Å². The van der Waals surface area contributed by atoms with Gasteiger partial charge in [0.2, 0.25) is 5.91 Å². The van der Waals surface area contributed by atoms with E-state index in [4.69, 9.17) is 9.47 Å². The monoisotopic (exact) mass is 585 g/mol. The van der Waals surface area contributed by atoms with Gasteiger partial charge >= 0.3 is 6.09 Å². The van der Waals surface area contributed by atoms with Gasteiger partial charge in [-0.1, -0.05) is 66.6 Å². The fraction of sp³-hybridized carbons (Fsp3) is 0.400. The predicted octanol–water partition coefficient (Wildman–Crippen LogP) is 6.36. The molecule has 4 rings (SSSR count). The number of hydrogen-bond donors (Lipinski definition) is 2. The van der Waals surface area contributed by atoms with E-state index in [1.165, 1.54) is 0 Å². The normalized spacial score (nSPS) is 17.3. The van der Waals surface area contributed by atoms with Gasteiger partial charge in [-0.25, -0.2) is 4.79 Å². The van der Waals surface area contributed by atoms with Crippen molar-refractivity contribution in [2.45, 2.75) is 78.1 Å². The maximum atomic E-state index is 14.7. The summed E-state index contributed by atoms with van der Waals surface area (Å²) in [7, 11) is 1.58. The number of ether oxygens (including phenoxy) is 2. The second-order valence-corrected chi connectivity index (χ2v) is 12.5. The molecule has 3 aromatic carbocycles. The summed E-state index contributed by atoms with van der Waals surface area (Å²) >= 11 is 0. The molecule has 228 valence electrons. The van der Waals surface area contributed by atoms with Gasteiger partial charge in [0.05, 0.1) is 7.11 Å². The van der Waals surface area contributed by atoms with E-state index in [0.717, 1.165) is 23.1 Å². The van der Waals surface area contributed by atoms with Crippen LogP contribution in [-0.2, 0) is 20.7 Å². The number of amides is 3. The van der Waals surface area contributed by atoms with Crippen molar-refractivity contribution in [1.29, 1.82) is 0 Å². The summed E-state index contributed by atoms with van der Waals surface area (Å²) in [5.41, 5.74) is 3.42. The van der Waals surface area contributed by atoms with Gasteiger partial charge in [0.15, 0.2) is 0 Å². The van der Waals surface area contributed by atoms with Gasteiger partial charge < -0.3 is 25.0 Å². The van der Waals surface area contributed by atoms with Gasteiger partial charge in [-0.2, -0.15) is 0 Å². The Kier molecular flexibility index (Phi) is 9.79. The van der Waals surface area contributed by atoms with Gasteiger partial charge in [0.1, 0.15) is 23.4 Å². The second-order valence-electron chi connectivity index (χ2n) is 12.5. The van der Waals surface area contributed by atoms with Gasteiger partial charge in [-0.05, 0) is 82.3 Å². The minimum absolute atomic E-state index is 0.168. The van der Waals surface area contributed by atoms with Crippen LogP contribution in [0.5, 0.6) is 5.75 Å². The number of nitrogens with zero attached hydrogens (tertiary/aromatic N) is 1. The number of methoxy groups -OCH3 is 1. The Bertz CT molecular complexity index is 1410. The molecule has 3 aromatic rings. The van der Waals surface area contributed by atoms with Crippen LogP contribution in [0.1, 0.15) is 62.4 Å². The lowest BCUT2D eigenvalue weighted by atomic mass is 9.97. The first kappa shape index (κ1) is 31.6. The summed E-state index contributed by atoms with van der Waals surface area (Å²) in [5.74, 6) is 0.200. The molecular weight excluding hydrogens is 542 g/mol. The third kappa shape index (κ3) is 8.60. The molecule has 0 aromatic heterocycles. The standard InChI is InChI=1S/C35H43N3O5/c1-22-17-23(2)19-26(18-22)31(32(39)36-27-13-15-28(42-7)16-14-27)38(30-20-24(30)3)33(40)29(21-25-11-9-8-10-12-25)37-34(41)43-35(4,5)6/h8-19,24,29-31H,20-21H2,1-7H3,(H,36,39)(H,37,41). The third-order valence-corrected chi connectivity index (χ3v) is 7.39. The first-order chi connectivity index (χ1) is 20.3. The van der Waals surface area contributed by atoms with E-state index in [0.29, 0.717) is 17.0 Å². The number of carbonyl (C=O) groups is 3. The van der Waals surface area contributed by atoms with E-state index in [-0.39, 0.29) is 30.2 Å². The van der Waals surface area contributed by atoms with Gasteiger partial charge in [0.25, 0.3) is 5.91 Å². The molecule has 8 nitrogen and oxygen atoms in total. The van der Waals surface area contributed by atoms with Crippen molar-refractivity contribution in [2.24, 2.45) is 5.92 Å². The topological polar surface area (TPSA) is 97.0 Å². The quantitative estimate of drug-likeness (QED) is 0.288. The molecule has 1 saturated carbocycles. The average molecular weight is 586 g/mol. The maximum absolute atomic E-state index is 14.7.